The van der Waals surface area contributed by atoms with Gasteiger partial charge < -0.3 is 9.64 Å². The first-order valence-corrected chi connectivity index (χ1v) is 15.4. The van der Waals surface area contributed by atoms with Crippen molar-refractivity contribution in [3.05, 3.63) is 78.7 Å². The molecule has 7 nitrogen and oxygen atoms in total. The largest absolute Gasteiger partial charge is 0.463 e. The highest BCUT2D eigenvalue weighted by molar-refractivity contribution is 8.21. The lowest BCUT2D eigenvalue weighted by Gasteiger charge is -2.26. The van der Waals surface area contributed by atoms with Gasteiger partial charge in [-0.1, -0.05) is 35.9 Å². The van der Waals surface area contributed by atoms with Crippen molar-refractivity contribution >= 4 is 89.1 Å². The summed E-state index contributed by atoms with van der Waals surface area (Å²) >= 11 is 10.8. The Balaban J connectivity index is 1.48. The number of ether oxygens (including phenoxy) is 1. The Morgan fingerprint density at radius 3 is 2.72 bits per heavy atom. The first kappa shape index (κ1) is 26.2. The molecule has 2 aliphatic rings. The number of likely N-dealkylation sites (N-methyl/N-ethyl adjacent to an activating group) is 1. The number of para-hydroxylation sites is 1. The number of anilines is 1. The molecule has 2 aromatic carbocycles. The van der Waals surface area contributed by atoms with Crippen molar-refractivity contribution < 1.29 is 9.30 Å². The van der Waals surface area contributed by atoms with Crippen LogP contribution in [0.25, 0.3) is 27.1 Å². The molecule has 1 saturated heterocycles. The predicted octanol–water partition coefficient (Wildman–Crippen LogP) is 4.69. The van der Waals surface area contributed by atoms with Crippen molar-refractivity contribution in [1.29, 1.82) is 0 Å². The monoisotopic (exact) mass is 596 g/mol. The smallest absolute Gasteiger partial charge is 0.385 e. The van der Waals surface area contributed by atoms with Crippen LogP contribution in [0.15, 0.2) is 58.3 Å². The Hall–Kier alpha value is -3.05. The van der Waals surface area contributed by atoms with Crippen LogP contribution in [-0.2, 0) is 18.3 Å². The zero-order valence-corrected chi connectivity index (χ0v) is 25.2. The van der Waals surface area contributed by atoms with Crippen molar-refractivity contribution in [2.75, 3.05) is 25.2 Å². The second-order valence-corrected chi connectivity index (χ2v) is 12.5. The summed E-state index contributed by atoms with van der Waals surface area (Å²) < 4.78 is 12.7. The summed E-state index contributed by atoms with van der Waals surface area (Å²) in [6.07, 6.45) is 4.10. The minimum absolute atomic E-state index is 0.00993. The fourth-order valence-corrected chi connectivity index (χ4v) is 8.36. The molecule has 0 atom stereocenters. The summed E-state index contributed by atoms with van der Waals surface area (Å²) in [5.74, 6) is 0. The van der Waals surface area contributed by atoms with Gasteiger partial charge in [0, 0.05) is 42.6 Å². The van der Waals surface area contributed by atoms with Gasteiger partial charge >= 0.3 is 5.13 Å². The number of aromatic nitrogens is 2. The maximum Gasteiger partial charge on any atom is 0.385 e. The molecule has 0 saturated carbocycles. The average Bonchev–Trinajstić information content (AvgIpc) is 3.44. The Morgan fingerprint density at radius 1 is 1.10 bits per heavy atom. The van der Waals surface area contributed by atoms with E-state index in [-0.39, 0.29) is 5.56 Å². The standard InChI is InChI=1S/C28H27ClN5O2S3/c1-5-33-16-36-26(39-28(33)30-27-32(4)20-14-12-18(29)15-22(20)37-27)25-34(6-2)24(35)23(38-25)21-13-11-17-9-7-8-10-19(17)31(21)3/h7-15H,5-6,16H2,1-4H3/q+1/b23-21-,26-25-. The van der Waals surface area contributed by atoms with Gasteiger partial charge in [-0.05, 0) is 66.1 Å². The van der Waals surface area contributed by atoms with Crippen molar-refractivity contribution in [3.63, 3.8) is 0 Å². The Labute approximate surface area is 243 Å². The second-order valence-electron chi connectivity index (χ2n) is 9.09. The van der Waals surface area contributed by atoms with Crippen LogP contribution in [0, 0.1) is 0 Å². The zero-order chi connectivity index (χ0) is 27.3. The first-order chi connectivity index (χ1) is 18.9. The maximum absolute atomic E-state index is 13.6. The molecule has 200 valence electrons. The third kappa shape index (κ3) is 4.59. The molecular weight excluding hydrogens is 570 g/mol. The lowest BCUT2D eigenvalue weighted by atomic mass is 10.1. The van der Waals surface area contributed by atoms with Crippen LogP contribution in [0.3, 0.4) is 0 Å². The van der Waals surface area contributed by atoms with Gasteiger partial charge in [0.2, 0.25) is 0 Å². The highest BCUT2D eigenvalue weighted by Crippen LogP contribution is 2.33. The second kappa shape index (κ2) is 10.5. The summed E-state index contributed by atoms with van der Waals surface area (Å²) in [6.45, 7) is 5.74. The van der Waals surface area contributed by atoms with Crippen LogP contribution in [0.5, 0.6) is 0 Å². The molecule has 0 aliphatic carbocycles. The number of amidine groups is 1. The van der Waals surface area contributed by atoms with Crippen LogP contribution in [0.1, 0.15) is 19.4 Å². The Kier molecular flexibility index (Phi) is 7.05. The van der Waals surface area contributed by atoms with Crippen LogP contribution in [0.4, 0.5) is 10.8 Å². The number of hydrogen-bond donors (Lipinski definition) is 0. The van der Waals surface area contributed by atoms with E-state index in [4.69, 9.17) is 21.3 Å². The fraction of sp³-hybridized carbons (Fsp3) is 0.250. The molecule has 0 radical (unpaired) electrons. The molecule has 0 N–H and O–H groups in total. The van der Waals surface area contributed by atoms with Crippen LogP contribution < -0.4 is 24.2 Å². The zero-order valence-electron chi connectivity index (χ0n) is 22.0. The molecule has 6 rings (SSSR count). The molecule has 4 aromatic rings. The molecule has 0 spiro atoms. The van der Waals surface area contributed by atoms with Gasteiger partial charge in [-0.15, -0.1) is 11.3 Å². The number of fused-ring (bicyclic) bond motifs is 2. The lowest BCUT2D eigenvalue weighted by Crippen LogP contribution is -2.38. The summed E-state index contributed by atoms with van der Waals surface area (Å²) in [6, 6.07) is 14.1. The third-order valence-electron chi connectivity index (χ3n) is 6.84. The summed E-state index contributed by atoms with van der Waals surface area (Å²) in [4.78, 5) is 22.9. The van der Waals surface area contributed by atoms with E-state index in [9.17, 15) is 4.79 Å². The number of benzene rings is 2. The van der Waals surface area contributed by atoms with E-state index in [1.54, 1.807) is 15.9 Å². The van der Waals surface area contributed by atoms with E-state index in [0.717, 1.165) is 48.7 Å². The molecular formula is C28H27ClN5O2S3+. The lowest BCUT2D eigenvalue weighted by molar-refractivity contribution is -0.627. The molecule has 2 aromatic heterocycles. The summed E-state index contributed by atoms with van der Waals surface area (Å²) in [5.41, 5.74) is 4.17. The SMILES string of the molecule is CCN1CO/C(=c2/s/c(=C3/C=Cc4ccccc4N3C)c(=O)n2CC)SC1=Nc1sc2cc(Cl)ccc2[n+]1C. The highest BCUT2D eigenvalue weighted by atomic mass is 35.5. The molecule has 2 aliphatic heterocycles. The van der Waals surface area contributed by atoms with Gasteiger partial charge in [0.05, 0.1) is 17.4 Å². The predicted molar refractivity (Wildman–Crippen MR) is 165 cm³/mol. The number of aryl methyl sites for hydroxylation is 1. The number of hydrogen-bond acceptors (Lipinski definition) is 7. The van der Waals surface area contributed by atoms with Gasteiger partial charge in [0.15, 0.2) is 11.8 Å². The van der Waals surface area contributed by atoms with E-state index in [0.29, 0.717) is 27.9 Å². The summed E-state index contributed by atoms with van der Waals surface area (Å²) in [5, 5.41) is 3.12. The highest BCUT2D eigenvalue weighted by Gasteiger charge is 2.29. The minimum atomic E-state index is -0.00993. The van der Waals surface area contributed by atoms with E-state index < -0.39 is 0 Å². The number of halogens is 1. The van der Waals surface area contributed by atoms with E-state index in [2.05, 4.69) is 39.5 Å². The fourth-order valence-electron chi connectivity index (χ4n) is 4.67. The molecule has 0 bridgehead atoms. The van der Waals surface area contributed by atoms with Crippen LogP contribution in [-0.4, -0.2) is 35.0 Å². The Bertz CT molecular complexity index is 1850. The Morgan fingerprint density at radius 2 is 1.92 bits per heavy atom. The molecule has 0 amide bonds. The molecule has 1 fully saturated rings. The van der Waals surface area contributed by atoms with Crippen molar-refractivity contribution in [1.82, 2.24) is 9.47 Å². The maximum atomic E-state index is 13.6. The number of thioether (sulfide) groups is 1. The molecule has 39 heavy (non-hydrogen) atoms. The number of thiazole rings is 2. The third-order valence-corrected chi connectivity index (χ3v) is 10.5. The van der Waals surface area contributed by atoms with E-state index in [1.807, 2.05) is 57.4 Å². The van der Waals surface area contributed by atoms with Gasteiger partial charge in [0.1, 0.15) is 14.7 Å². The van der Waals surface area contributed by atoms with Crippen molar-refractivity contribution in [2.24, 2.45) is 12.0 Å². The first-order valence-electron chi connectivity index (χ1n) is 12.6. The van der Waals surface area contributed by atoms with E-state index in [1.165, 1.54) is 23.1 Å². The van der Waals surface area contributed by atoms with Crippen molar-refractivity contribution in [3.8, 4) is 0 Å². The van der Waals surface area contributed by atoms with Crippen molar-refractivity contribution in [2.45, 2.75) is 20.4 Å². The number of rotatable bonds is 3. The van der Waals surface area contributed by atoms with Crippen LogP contribution >= 0.6 is 46.0 Å². The normalized spacial score (nSPS) is 19.2. The van der Waals surface area contributed by atoms with E-state index >= 15 is 0 Å². The number of aliphatic imine (C=N–C) groups is 1. The average molecular weight is 597 g/mol. The topological polar surface area (TPSA) is 54.0 Å². The number of nitrogens with zero attached hydrogens (tertiary/aromatic N) is 5. The molecule has 0 unspecified atom stereocenters. The van der Waals surface area contributed by atoms with Gasteiger partial charge in [0.25, 0.3) is 10.7 Å². The van der Waals surface area contributed by atoms with Gasteiger partial charge in [-0.2, -0.15) is 0 Å². The minimum Gasteiger partial charge on any atom is -0.463 e. The van der Waals surface area contributed by atoms with Crippen LogP contribution in [0.2, 0.25) is 5.02 Å². The molecule has 4 heterocycles. The van der Waals surface area contributed by atoms with Gasteiger partial charge in [-0.3, -0.25) is 14.3 Å². The summed E-state index contributed by atoms with van der Waals surface area (Å²) in [7, 11) is 4.02. The van der Waals surface area contributed by atoms with Gasteiger partial charge in [-0.25, -0.2) is 4.57 Å². The molecule has 11 heteroatoms. The quantitative estimate of drug-likeness (QED) is 0.321.